The van der Waals surface area contributed by atoms with Crippen molar-refractivity contribution in [3.05, 3.63) is 0 Å². The van der Waals surface area contributed by atoms with Crippen molar-refractivity contribution in [1.29, 1.82) is 0 Å². The van der Waals surface area contributed by atoms with Crippen molar-refractivity contribution in [1.82, 2.24) is 5.32 Å². The van der Waals surface area contributed by atoms with E-state index in [-0.39, 0.29) is 0 Å². The van der Waals surface area contributed by atoms with Gasteiger partial charge in [0.1, 0.15) is 0 Å². The molecule has 1 nitrogen and oxygen atoms in total. The Morgan fingerprint density at radius 3 is 2.83 bits per heavy atom. The number of nitrogens with one attached hydrogen (secondary N) is 1. The molecule has 0 aromatic rings. The molecule has 0 saturated carbocycles. The summed E-state index contributed by atoms with van der Waals surface area (Å²) < 4.78 is 0. The summed E-state index contributed by atoms with van der Waals surface area (Å²) in [6, 6.07) is 0.602. The highest BCUT2D eigenvalue weighted by atomic mass is 32.2. The van der Waals surface area contributed by atoms with Crippen LogP contribution in [0, 0.1) is 11.8 Å². The largest absolute Gasteiger partial charge is 0.304 e. The molecule has 0 aliphatic heterocycles. The lowest BCUT2D eigenvalue weighted by atomic mass is 10.2. The van der Waals surface area contributed by atoms with Crippen LogP contribution in [0.4, 0.5) is 0 Å². The zero-order valence-corrected chi connectivity index (χ0v) is 9.13. The molecule has 0 bridgehead atoms. The molecule has 1 atom stereocenters. The van der Waals surface area contributed by atoms with Crippen LogP contribution in [0.5, 0.6) is 0 Å². The van der Waals surface area contributed by atoms with Gasteiger partial charge < -0.3 is 5.32 Å². The zero-order chi connectivity index (χ0) is 9.23. The quantitative estimate of drug-likeness (QED) is 0.502. The van der Waals surface area contributed by atoms with Gasteiger partial charge in [-0.25, -0.2) is 0 Å². The van der Waals surface area contributed by atoms with Crippen molar-refractivity contribution >= 4 is 11.8 Å². The van der Waals surface area contributed by atoms with E-state index in [1.165, 1.54) is 17.9 Å². The Labute approximate surface area is 80.7 Å². The molecule has 1 unspecified atom stereocenters. The summed E-state index contributed by atoms with van der Waals surface area (Å²) in [6.07, 6.45) is 1.24. The van der Waals surface area contributed by atoms with Gasteiger partial charge in [-0.05, 0) is 31.8 Å². The predicted molar refractivity (Wildman–Crippen MR) is 58.5 cm³/mol. The summed E-state index contributed by atoms with van der Waals surface area (Å²) in [5, 5.41) is 3.36. The lowest BCUT2D eigenvalue weighted by Gasteiger charge is -2.10. The molecule has 0 spiro atoms. The van der Waals surface area contributed by atoms with Gasteiger partial charge in [0.2, 0.25) is 0 Å². The number of rotatable bonds is 6. The maximum absolute atomic E-state index is 3.36. The van der Waals surface area contributed by atoms with Crippen molar-refractivity contribution in [3.63, 3.8) is 0 Å². The number of thioether (sulfide) groups is 1. The molecule has 70 valence electrons. The molecule has 0 radical (unpaired) electrons. The predicted octanol–water partition coefficient (Wildman–Crippen LogP) is 2.13. The molecule has 1 N–H and O–H groups in total. The van der Waals surface area contributed by atoms with Crippen LogP contribution in [0.2, 0.25) is 0 Å². The van der Waals surface area contributed by atoms with E-state index in [4.69, 9.17) is 0 Å². The van der Waals surface area contributed by atoms with Crippen LogP contribution in [0.25, 0.3) is 0 Å². The van der Waals surface area contributed by atoms with Crippen LogP contribution in [-0.2, 0) is 0 Å². The molecular formula is C10H19NS. The third-order valence-electron chi connectivity index (χ3n) is 1.62. The number of hydrogen-bond acceptors (Lipinski definition) is 2. The van der Waals surface area contributed by atoms with Gasteiger partial charge in [0, 0.05) is 6.04 Å². The van der Waals surface area contributed by atoms with E-state index < -0.39 is 0 Å². The molecule has 0 heterocycles. The summed E-state index contributed by atoms with van der Waals surface area (Å²) >= 11 is 2.00. The van der Waals surface area contributed by atoms with Gasteiger partial charge in [-0.1, -0.05) is 12.8 Å². The van der Waals surface area contributed by atoms with E-state index in [9.17, 15) is 0 Å². The highest BCUT2D eigenvalue weighted by molar-refractivity contribution is 7.99. The van der Waals surface area contributed by atoms with Crippen molar-refractivity contribution < 1.29 is 0 Å². The first-order valence-electron chi connectivity index (χ1n) is 4.52. The second kappa shape index (κ2) is 8.96. The molecule has 0 rings (SSSR count). The standard InChI is InChI=1S/C10H19NS/c1-4-6-8-11-10(3)7-9-12-5-2/h10-11H,5,7-9H2,1-3H3. The molecule has 0 aliphatic carbocycles. The van der Waals surface area contributed by atoms with Crippen molar-refractivity contribution in [3.8, 4) is 11.8 Å². The van der Waals surface area contributed by atoms with Gasteiger partial charge in [0.15, 0.2) is 0 Å². The minimum Gasteiger partial charge on any atom is -0.304 e. The van der Waals surface area contributed by atoms with E-state index in [0.29, 0.717) is 6.04 Å². The molecular weight excluding hydrogens is 166 g/mol. The molecule has 0 aromatic heterocycles. The minimum atomic E-state index is 0.602. The summed E-state index contributed by atoms with van der Waals surface area (Å²) in [7, 11) is 0. The lowest BCUT2D eigenvalue weighted by Crippen LogP contribution is -2.26. The maximum atomic E-state index is 3.36. The molecule has 0 aromatic carbocycles. The molecule has 0 aliphatic rings. The normalized spacial score (nSPS) is 11.9. The highest BCUT2D eigenvalue weighted by Crippen LogP contribution is 2.03. The summed E-state index contributed by atoms with van der Waals surface area (Å²) in [5.74, 6) is 8.35. The fourth-order valence-electron chi connectivity index (χ4n) is 0.820. The van der Waals surface area contributed by atoms with E-state index in [0.717, 1.165) is 6.54 Å². The first-order chi connectivity index (χ1) is 5.81. The van der Waals surface area contributed by atoms with Gasteiger partial charge in [0.25, 0.3) is 0 Å². The zero-order valence-electron chi connectivity index (χ0n) is 8.31. The van der Waals surface area contributed by atoms with Crippen LogP contribution in [-0.4, -0.2) is 24.1 Å². The average Bonchev–Trinajstić information content (AvgIpc) is 2.06. The Balaban J connectivity index is 3.19. The molecule has 0 amide bonds. The molecule has 12 heavy (non-hydrogen) atoms. The first kappa shape index (κ1) is 11.9. The molecule has 0 fully saturated rings. The van der Waals surface area contributed by atoms with Crippen LogP contribution in [0.1, 0.15) is 27.2 Å². The Morgan fingerprint density at radius 1 is 1.50 bits per heavy atom. The SMILES string of the molecule is CC#CCNC(C)CCSCC. The van der Waals surface area contributed by atoms with Gasteiger partial charge in [-0.3, -0.25) is 0 Å². The van der Waals surface area contributed by atoms with E-state index in [1.54, 1.807) is 0 Å². The second-order valence-electron chi connectivity index (χ2n) is 2.69. The smallest absolute Gasteiger partial charge is 0.0578 e. The fraction of sp³-hybridized carbons (Fsp3) is 0.800. The van der Waals surface area contributed by atoms with Gasteiger partial charge in [-0.2, -0.15) is 11.8 Å². The molecule has 0 saturated heterocycles. The first-order valence-corrected chi connectivity index (χ1v) is 5.67. The van der Waals surface area contributed by atoms with Crippen LogP contribution < -0.4 is 5.32 Å². The Morgan fingerprint density at radius 2 is 2.25 bits per heavy atom. The fourth-order valence-corrected chi connectivity index (χ4v) is 1.63. The molecule has 2 heteroatoms. The van der Waals surface area contributed by atoms with E-state index in [2.05, 4.69) is 31.0 Å². The van der Waals surface area contributed by atoms with Crippen molar-refractivity contribution in [2.24, 2.45) is 0 Å². The Hall–Kier alpha value is -0.130. The van der Waals surface area contributed by atoms with E-state index in [1.807, 2.05) is 18.7 Å². The third-order valence-corrected chi connectivity index (χ3v) is 2.55. The number of hydrogen-bond donors (Lipinski definition) is 1. The lowest BCUT2D eigenvalue weighted by molar-refractivity contribution is 0.575. The van der Waals surface area contributed by atoms with Gasteiger partial charge in [-0.15, -0.1) is 5.92 Å². The van der Waals surface area contributed by atoms with Crippen LogP contribution >= 0.6 is 11.8 Å². The summed E-state index contributed by atoms with van der Waals surface area (Å²) in [6.45, 7) is 7.12. The van der Waals surface area contributed by atoms with Gasteiger partial charge >= 0.3 is 0 Å². The summed E-state index contributed by atoms with van der Waals surface area (Å²) in [4.78, 5) is 0. The van der Waals surface area contributed by atoms with Crippen molar-refractivity contribution in [2.75, 3.05) is 18.1 Å². The third kappa shape index (κ3) is 7.97. The van der Waals surface area contributed by atoms with Crippen molar-refractivity contribution in [2.45, 2.75) is 33.2 Å². The minimum absolute atomic E-state index is 0.602. The van der Waals surface area contributed by atoms with Crippen LogP contribution in [0.3, 0.4) is 0 Å². The maximum Gasteiger partial charge on any atom is 0.0578 e. The topological polar surface area (TPSA) is 12.0 Å². The van der Waals surface area contributed by atoms with Gasteiger partial charge in [0.05, 0.1) is 6.54 Å². The second-order valence-corrected chi connectivity index (χ2v) is 4.09. The van der Waals surface area contributed by atoms with Crippen LogP contribution in [0.15, 0.2) is 0 Å². The monoisotopic (exact) mass is 185 g/mol. The Bertz CT molecular complexity index is 146. The highest BCUT2D eigenvalue weighted by Gasteiger charge is 1.97. The summed E-state index contributed by atoms with van der Waals surface area (Å²) in [5.41, 5.74) is 0. The Kier molecular flexibility index (Phi) is 8.86. The average molecular weight is 185 g/mol. The van der Waals surface area contributed by atoms with E-state index >= 15 is 0 Å².